The quantitative estimate of drug-likeness (QED) is 0.848. The standard InChI is InChI=1S/C12H9Br2ClN2/c13-8-5-10(14)12(17-6-8)11(16)7-2-1-3-9(15)4-7/h1-6,11H,16H2. The summed E-state index contributed by atoms with van der Waals surface area (Å²) in [5.74, 6) is 0. The lowest BCUT2D eigenvalue weighted by Crippen LogP contribution is -2.14. The molecule has 0 aliphatic carbocycles. The molecule has 1 aromatic carbocycles. The zero-order valence-electron chi connectivity index (χ0n) is 8.70. The molecule has 17 heavy (non-hydrogen) atoms. The van der Waals surface area contributed by atoms with Crippen molar-refractivity contribution in [2.75, 3.05) is 0 Å². The molecule has 0 bridgehead atoms. The minimum Gasteiger partial charge on any atom is -0.319 e. The zero-order valence-corrected chi connectivity index (χ0v) is 12.6. The van der Waals surface area contributed by atoms with Gasteiger partial charge in [0.25, 0.3) is 0 Å². The van der Waals surface area contributed by atoms with Gasteiger partial charge in [0.2, 0.25) is 0 Å². The molecular weight excluding hydrogens is 367 g/mol. The Bertz CT molecular complexity index is 546. The van der Waals surface area contributed by atoms with Crippen molar-refractivity contribution in [2.45, 2.75) is 6.04 Å². The summed E-state index contributed by atoms with van der Waals surface area (Å²) >= 11 is 12.8. The molecular formula is C12H9Br2ClN2. The van der Waals surface area contributed by atoms with Crippen LogP contribution in [-0.4, -0.2) is 4.98 Å². The lowest BCUT2D eigenvalue weighted by atomic mass is 10.0. The molecule has 5 heteroatoms. The monoisotopic (exact) mass is 374 g/mol. The Labute approximate surface area is 121 Å². The van der Waals surface area contributed by atoms with Gasteiger partial charge in [-0.1, -0.05) is 23.7 Å². The maximum atomic E-state index is 6.17. The van der Waals surface area contributed by atoms with Crippen molar-refractivity contribution in [2.24, 2.45) is 5.73 Å². The summed E-state index contributed by atoms with van der Waals surface area (Å²) in [5.41, 5.74) is 7.90. The molecule has 2 rings (SSSR count). The van der Waals surface area contributed by atoms with Gasteiger partial charge in [0.1, 0.15) is 0 Å². The number of nitrogens with two attached hydrogens (primary N) is 1. The topological polar surface area (TPSA) is 38.9 Å². The molecule has 0 saturated heterocycles. The Kier molecular flexibility index (Phi) is 4.20. The van der Waals surface area contributed by atoms with Gasteiger partial charge in [-0.3, -0.25) is 4.98 Å². The number of rotatable bonds is 2. The highest BCUT2D eigenvalue weighted by Gasteiger charge is 2.14. The van der Waals surface area contributed by atoms with Crippen LogP contribution in [0.2, 0.25) is 5.02 Å². The predicted molar refractivity (Wildman–Crippen MR) is 77.1 cm³/mol. The Balaban J connectivity index is 2.40. The van der Waals surface area contributed by atoms with Crippen molar-refractivity contribution in [3.63, 3.8) is 0 Å². The first-order valence-corrected chi connectivity index (χ1v) is 6.86. The molecule has 0 aliphatic rings. The van der Waals surface area contributed by atoms with Gasteiger partial charge in [-0.25, -0.2) is 0 Å². The van der Waals surface area contributed by atoms with Gasteiger partial charge in [0, 0.05) is 20.2 Å². The molecule has 0 radical (unpaired) electrons. The second-order valence-corrected chi connectivity index (χ2v) is 5.76. The van der Waals surface area contributed by atoms with Crippen molar-refractivity contribution < 1.29 is 0 Å². The summed E-state index contributed by atoms with van der Waals surface area (Å²) in [7, 11) is 0. The molecule has 2 N–H and O–H groups in total. The highest BCUT2D eigenvalue weighted by Crippen LogP contribution is 2.28. The molecule has 2 aromatic rings. The lowest BCUT2D eigenvalue weighted by molar-refractivity contribution is 0.821. The number of nitrogens with zero attached hydrogens (tertiary/aromatic N) is 1. The molecule has 0 saturated carbocycles. The van der Waals surface area contributed by atoms with Crippen LogP contribution in [0.15, 0.2) is 45.5 Å². The van der Waals surface area contributed by atoms with E-state index in [1.54, 1.807) is 6.20 Å². The molecule has 1 heterocycles. The van der Waals surface area contributed by atoms with Crippen LogP contribution in [0.5, 0.6) is 0 Å². The Morgan fingerprint density at radius 1 is 1.24 bits per heavy atom. The van der Waals surface area contributed by atoms with Crippen molar-refractivity contribution >= 4 is 43.5 Å². The minimum atomic E-state index is -0.295. The minimum absolute atomic E-state index is 0.295. The number of benzene rings is 1. The average Bonchev–Trinajstić information content (AvgIpc) is 2.28. The predicted octanol–water partition coefficient (Wildman–Crippen LogP) is 4.31. The van der Waals surface area contributed by atoms with Gasteiger partial charge in [-0.05, 0) is 55.6 Å². The maximum absolute atomic E-state index is 6.17. The molecule has 0 spiro atoms. The van der Waals surface area contributed by atoms with Crippen molar-refractivity contribution in [1.82, 2.24) is 4.98 Å². The fourth-order valence-electron chi connectivity index (χ4n) is 1.51. The molecule has 2 nitrogen and oxygen atoms in total. The summed E-state index contributed by atoms with van der Waals surface area (Å²) in [4.78, 5) is 4.32. The highest BCUT2D eigenvalue weighted by molar-refractivity contribution is 9.11. The van der Waals surface area contributed by atoms with E-state index < -0.39 is 0 Å². The Morgan fingerprint density at radius 3 is 2.65 bits per heavy atom. The van der Waals surface area contributed by atoms with Crippen LogP contribution >= 0.6 is 43.5 Å². The zero-order chi connectivity index (χ0) is 12.4. The highest BCUT2D eigenvalue weighted by atomic mass is 79.9. The molecule has 0 fully saturated rings. The largest absolute Gasteiger partial charge is 0.319 e. The maximum Gasteiger partial charge on any atom is 0.0758 e. The van der Waals surface area contributed by atoms with E-state index >= 15 is 0 Å². The first-order chi connectivity index (χ1) is 8.08. The average molecular weight is 376 g/mol. The lowest BCUT2D eigenvalue weighted by Gasteiger charge is -2.13. The van der Waals surface area contributed by atoms with E-state index in [1.165, 1.54) is 0 Å². The van der Waals surface area contributed by atoms with Gasteiger partial charge in [0.05, 0.1) is 11.7 Å². The van der Waals surface area contributed by atoms with Gasteiger partial charge in [-0.15, -0.1) is 0 Å². The van der Waals surface area contributed by atoms with E-state index in [4.69, 9.17) is 17.3 Å². The van der Waals surface area contributed by atoms with Crippen LogP contribution < -0.4 is 5.73 Å². The van der Waals surface area contributed by atoms with Gasteiger partial charge in [-0.2, -0.15) is 0 Å². The van der Waals surface area contributed by atoms with Crippen LogP contribution in [0.3, 0.4) is 0 Å². The summed E-state index contributed by atoms with van der Waals surface area (Å²) in [5, 5.41) is 0.672. The van der Waals surface area contributed by atoms with E-state index in [0.717, 1.165) is 20.2 Å². The van der Waals surface area contributed by atoms with Gasteiger partial charge in [0.15, 0.2) is 0 Å². The number of aromatic nitrogens is 1. The van der Waals surface area contributed by atoms with Crippen LogP contribution in [-0.2, 0) is 0 Å². The Morgan fingerprint density at radius 2 is 2.00 bits per heavy atom. The molecule has 1 aromatic heterocycles. The third kappa shape index (κ3) is 3.07. The van der Waals surface area contributed by atoms with E-state index in [2.05, 4.69) is 36.8 Å². The summed E-state index contributed by atoms with van der Waals surface area (Å²) in [6.45, 7) is 0. The summed E-state index contributed by atoms with van der Waals surface area (Å²) in [6, 6.07) is 9.12. The van der Waals surface area contributed by atoms with E-state index in [1.807, 2.05) is 30.3 Å². The molecule has 1 unspecified atom stereocenters. The molecule has 0 amide bonds. The number of pyridine rings is 1. The number of hydrogen-bond donors (Lipinski definition) is 1. The fraction of sp³-hybridized carbons (Fsp3) is 0.0833. The summed E-state index contributed by atoms with van der Waals surface area (Å²) in [6.07, 6.45) is 1.73. The smallest absolute Gasteiger partial charge is 0.0758 e. The summed E-state index contributed by atoms with van der Waals surface area (Å²) < 4.78 is 1.78. The van der Waals surface area contributed by atoms with Crippen molar-refractivity contribution in [3.8, 4) is 0 Å². The normalized spacial score (nSPS) is 12.5. The van der Waals surface area contributed by atoms with Crippen LogP contribution in [0.4, 0.5) is 0 Å². The Hall–Kier alpha value is -0.420. The third-order valence-corrected chi connectivity index (χ3v) is 3.64. The van der Waals surface area contributed by atoms with Crippen LogP contribution in [0.25, 0.3) is 0 Å². The SMILES string of the molecule is NC(c1cccc(Cl)c1)c1ncc(Br)cc1Br. The first-order valence-electron chi connectivity index (χ1n) is 4.90. The molecule has 88 valence electrons. The van der Waals surface area contributed by atoms with Gasteiger partial charge < -0.3 is 5.73 Å². The van der Waals surface area contributed by atoms with Crippen LogP contribution in [0, 0.1) is 0 Å². The van der Waals surface area contributed by atoms with Gasteiger partial charge >= 0.3 is 0 Å². The van der Waals surface area contributed by atoms with Crippen LogP contribution in [0.1, 0.15) is 17.3 Å². The second-order valence-electron chi connectivity index (χ2n) is 3.55. The van der Waals surface area contributed by atoms with E-state index in [0.29, 0.717) is 5.02 Å². The number of halogens is 3. The number of hydrogen-bond acceptors (Lipinski definition) is 2. The second kappa shape index (κ2) is 5.48. The molecule has 1 atom stereocenters. The van der Waals surface area contributed by atoms with E-state index in [9.17, 15) is 0 Å². The molecule has 0 aliphatic heterocycles. The third-order valence-electron chi connectivity index (χ3n) is 2.34. The first kappa shape index (κ1) is 13.0. The fourth-order valence-corrected chi connectivity index (χ4v) is 2.94. The van der Waals surface area contributed by atoms with Crippen molar-refractivity contribution in [1.29, 1.82) is 0 Å². The van der Waals surface area contributed by atoms with Crippen molar-refractivity contribution in [3.05, 3.63) is 61.8 Å². The van der Waals surface area contributed by atoms with E-state index in [-0.39, 0.29) is 6.04 Å².